The van der Waals surface area contributed by atoms with E-state index < -0.39 is 11.2 Å². The average molecular weight is 855 g/mol. The van der Waals surface area contributed by atoms with Crippen LogP contribution in [0, 0.1) is 13.8 Å². The first kappa shape index (κ1) is 40.5. The molecule has 0 fully saturated rings. The van der Waals surface area contributed by atoms with Gasteiger partial charge in [0.05, 0.1) is 24.5 Å². The maximum absolute atomic E-state index is 14.2. The fraction of sp³-hybridized carbons (Fsp3) is 0.250. The normalized spacial score (nSPS) is 19.1. The first-order valence-electron chi connectivity index (χ1n) is 21.2. The van der Waals surface area contributed by atoms with Crippen LogP contribution in [0.5, 0.6) is 0 Å². The molecule has 4 N–H and O–H groups in total. The third kappa shape index (κ3) is 7.06. The van der Waals surface area contributed by atoms with Crippen LogP contribution in [0.1, 0.15) is 66.2 Å². The van der Waals surface area contributed by atoms with Crippen molar-refractivity contribution in [1.29, 1.82) is 0 Å². The third-order valence-corrected chi connectivity index (χ3v) is 12.1. The van der Waals surface area contributed by atoms with E-state index >= 15 is 0 Å². The van der Waals surface area contributed by atoms with Crippen LogP contribution >= 0.6 is 0 Å². The van der Waals surface area contributed by atoms with E-state index in [0.29, 0.717) is 76.2 Å². The van der Waals surface area contributed by atoms with Gasteiger partial charge in [0, 0.05) is 29.7 Å². The van der Waals surface area contributed by atoms with Crippen LogP contribution in [-0.4, -0.2) is 58.8 Å². The van der Waals surface area contributed by atoms with Crippen molar-refractivity contribution < 1.29 is 10.2 Å². The molecule has 0 saturated carbocycles. The molecule has 0 saturated heterocycles. The molecule has 8 aromatic rings. The second kappa shape index (κ2) is 15.4. The molecular formula is C48H46N12O4. The van der Waals surface area contributed by atoms with E-state index in [1.54, 1.807) is 34.0 Å². The Labute approximate surface area is 366 Å². The zero-order valence-corrected chi connectivity index (χ0v) is 35.8. The molecule has 0 radical (unpaired) electrons. The Balaban J connectivity index is 1.00. The molecule has 2 aliphatic rings. The number of rotatable bonds is 11. The van der Waals surface area contributed by atoms with Gasteiger partial charge >= 0.3 is 0 Å². The van der Waals surface area contributed by atoms with Gasteiger partial charge in [-0.15, -0.1) is 6.58 Å². The highest BCUT2D eigenvalue weighted by molar-refractivity contribution is 5.78. The lowest BCUT2D eigenvalue weighted by molar-refractivity contribution is 0.0526. The Morgan fingerprint density at radius 1 is 0.703 bits per heavy atom. The molecule has 3 atom stereocenters. The quantitative estimate of drug-likeness (QED) is 0.101. The summed E-state index contributed by atoms with van der Waals surface area (Å²) in [6, 6.07) is 23.2. The van der Waals surface area contributed by atoms with Crippen LogP contribution < -0.4 is 21.8 Å². The Morgan fingerprint density at radius 3 is 1.80 bits per heavy atom. The van der Waals surface area contributed by atoms with Crippen molar-refractivity contribution in [1.82, 2.24) is 48.6 Å². The minimum absolute atomic E-state index is 0.131. The van der Waals surface area contributed by atoms with Crippen LogP contribution in [0.15, 0.2) is 120 Å². The molecule has 2 aliphatic carbocycles. The Kier molecular flexibility index (Phi) is 9.72. The van der Waals surface area contributed by atoms with Crippen molar-refractivity contribution >= 4 is 45.3 Å². The molecule has 16 nitrogen and oxygen atoms in total. The Morgan fingerprint density at radius 2 is 1.23 bits per heavy atom. The van der Waals surface area contributed by atoms with Crippen molar-refractivity contribution in [2.24, 2.45) is 0 Å². The summed E-state index contributed by atoms with van der Waals surface area (Å²) in [7, 11) is 0. The highest BCUT2D eigenvalue weighted by Gasteiger charge is 2.40. The van der Waals surface area contributed by atoms with Gasteiger partial charge < -0.3 is 20.8 Å². The molecule has 322 valence electrons. The van der Waals surface area contributed by atoms with Gasteiger partial charge in [-0.1, -0.05) is 65.8 Å². The molecule has 6 heterocycles. The molecule has 0 bridgehead atoms. The highest BCUT2D eigenvalue weighted by atomic mass is 16.3. The minimum Gasteiger partial charge on any atom is -0.384 e. The predicted octanol–water partition coefficient (Wildman–Crippen LogP) is 6.66. The molecule has 64 heavy (non-hydrogen) atoms. The molecule has 16 heteroatoms. The van der Waals surface area contributed by atoms with E-state index in [0.717, 1.165) is 33.6 Å². The first-order valence-corrected chi connectivity index (χ1v) is 21.2. The van der Waals surface area contributed by atoms with Crippen molar-refractivity contribution in [2.75, 3.05) is 10.6 Å². The van der Waals surface area contributed by atoms with Gasteiger partial charge in [0.15, 0.2) is 22.9 Å². The van der Waals surface area contributed by atoms with Gasteiger partial charge in [-0.3, -0.25) is 9.59 Å². The summed E-state index contributed by atoms with van der Waals surface area (Å²) >= 11 is 0. The number of pyridine rings is 2. The molecule has 6 aromatic heterocycles. The van der Waals surface area contributed by atoms with Crippen LogP contribution in [0.25, 0.3) is 33.7 Å². The van der Waals surface area contributed by atoms with E-state index in [1.807, 2.05) is 98.8 Å². The van der Waals surface area contributed by atoms with Crippen LogP contribution in [-0.2, 0) is 30.7 Å². The van der Waals surface area contributed by atoms with Crippen molar-refractivity contribution in [3.8, 4) is 11.6 Å². The number of allylic oxidation sites excluding steroid dienone is 3. The second-order valence-electron chi connectivity index (χ2n) is 17.1. The van der Waals surface area contributed by atoms with Gasteiger partial charge in [-0.25, -0.2) is 38.7 Å². The highest BCUT2D eigenvalue weighted by Crippen LogP contribution is 2.44. The van der Waals surface area contributed by atoms with Gasteiger partial charge in [0.25, 0.3) is 11.1 Å². The van der Waals surface area contributed by atoms with Crippen LogP contribution in [0.4, 0.5) is 23.3 Å². The lowest BCUT2D eigenvalue weighted by Crippen LogP contribution is -2.24. The Hall–Kier alpha value is -7.56. The van der Waals surface area contributed by atoms with Crippen LogP contribution in [0.3, 0.4) is 0 Å². The summed E-state index contributed by atoms with van der Waals surface area (Å²) in [5.41, 5.74) is 4.29. The fourth-order valence-electron chi connectivity index (χ4n) is 8.83. The molecule has 0 aliphatic heterocycles. The summed E-state index contributed by atoms with van der Waals surface area (Å²) in [4.78, 5) is 56.3. The predicted molar refractivity (Wildman–Crippen MR) is 245 cm³/mol. The SMILES string of the molecule is C=CCn1c(=O)c2cnc(Nc3ccc(C)cc3)nc2n1-c1ccc2c(n1)C(C)(O)CC2/C=C/Cn1c(=O)c2cnc(Nc3ccc(C)cc3)nc2n1-c1ccc2c(n1)[C@](C)(O)CC2. The summed E-state index contributed by atoms with van der Waals surface area (Å²) in [5, 5.41) is 30.2. The first-order chi connectivity index (χ1) is 30.8. The van der Waals surface area contributed by atoms with Gasteiger partial charge in [0.1, 0.15) is 22.0 Å². The number of nitrogens with one attached hydrogen (secondary N) is 2. The molecule has 2 aromatic carbocycles. The molecule has 10 rings (SSSR count). The number of aromatic nitrogens is 10. The van der Waals surface area contributed by atoms with E-state index in [2.05, 4.69) is 27.2 Å². The maximum atomic E-state index is 14.2. The van der Waals surface area contributed by atoms with E-state index in [1.165, 1.54) is 17.1 Å². The smallest absolute Gasteiger partial charge is 0.278 e. The van der Waals surface area contributed by atoms with E-state index in [9.17, 15) is 19.8 Å². The van der Waals surface area contributed by atoms with Gasteiger partial charge in [-0.2, -0.15) is 9.97 Å². The number of aliphatic hydroxyl groups is 2. The van der Waals surface area contributed by atoms with Gasteiger partial charge in [0.2, 0.25) is 11.9 Å². The maximum Gasteiger partial charge on any atom is 0.278 e. The molecule has 0 amide bonds. The molecule has 2 unspecified atom stereocenters. The largest absolute Gasteiger partial charge is 0.384 e. The average Bonchev–Trinajstić information content (AvgIpc) is 3.93. The molecule has 0 spiro atoms. The lowest BCUT2D eigenvalue weighted by Gasteiger charge is -2.18. The summed E-state index contributed by atoms with van der Waals surface area (Å²) in [6.45, 7) is 11.7. The standard InChI is InChI=1S/C48H46N12O4/c1-6-23-57-43(61)35-26-49-45(51-32-14-9-28(2)10-15-32)55-41(35)59(57)38-20-18-34-31(25-48(5,64)40(34)54-38)8-7-24-58-44(62)36-27-50-46(52-33-16-11-29(3)12-17-33)56-42(36)60(58)37-19-13-30-21-22-47(4,63)39(30)53-37/h6-20,26-27,31,63-64H,1,21-25H2,2-5H3,(H,49,51,55)(H,50,52,56)/b8-7+/t31?,47-,48?/m1/s1. The number of fused-ring (bicyclic) bond motifs is 4. The summed E-state index contributed by atoms with van der Waals surface area (Å²) in [6.07, 6.45) is 10.1. The fourth-order valence-corrected chi connectivity index (χ4v) is 8.83. The number of nitrogens with zero attached hydrogens (tertiary/aromatic N) is 10. The zero-order valence-electron chi connectivity index (χ0n) is 35.8. The topological polar surface area (TPSA) is 196 Å². The summed E-state index contributed by atoms with van der Waals surface area (Å²) < 4.78 is 6.38. The zero-order chi connectivity index (χ0) is 44.5. The van der Waals surface area contributed by atoms with Crippen molar-refractivity contribution in [3.05, 3.63) is 164 Å². The van der Waals surface area contributed by atoms with E-state index in [-0.39, 0.29) is 30.1 Å². The second-order valence-corrected chi connectivity index (χ2v) is 17.1. The monoisotopic (exact) mass is 854 g/mol. The van der Waals surface area contributed by atoms with Crippen LogP contribution in [0.2, 0.25) is 0 Å². The number of hydrogen-bond donors (Lipinski definition) is 4. The van der Waals surface area contributed by atoms with E-state index in [4.69, 9.17) is 19.9 Å². The molecular weight excluding hydrogens is 809 g/mol. The number of benzene rings is 2. The van der Waals surface area contributed by atoms with Crippen molar-refractivity contribution in [3.63, 3.8) is 0 Å². The van der Waals surface area contributed by atoms with Crippen molar-refractivity contribution in [2.45, 2.75) is 77.2 Å². The number of anilines is 4. The number of aryl methyl sites for hydroxylation is 3. The Bertz CT molecular complexity index is 3300. The lowest BCUT2D eigenvalue weighted by atomic mass is 9.99. The minimum atomic E-state index is -1.33. The van der Waals surface area contributed by atoms with Gasteiger partial charge in [-0.05, 0) is 94.5 Å². The summed E-state index contributed by atoms with van der Waals surface area (Å²) in [5.74, 6) is 1.18. The third-order valence-electron chi connectivity index (χ3n) is 12.1. The number of hydrogen-bond acceptors (Lipinski definition) is 12.